The van der Waals surface area contributed by atoms with E-state index in [-0.39, 0.29) is 6.04 Å². The summed E-state index contributed by atoms with van der Waals surface area (Å²) < 4.78 is 0. The van der Waals surface area contributed by atoms with Crippen LogP contribution in [0.25, 0.3) is 6.08 Å². The van der Waals surface area contributed by atoms with Gasteiger partial charge in [0.2, 0.25) is 0 Å². The van der Waals surface area contributed by atoms with Gasteiger partial charge in [-0.1, -0.05) is 24.4 Å². The molecule has 1 unspecified atom stereocenters. The van der Waals surface area contributed by atoms with Crippen molar-refractivity contribution in [1.29, 1.82) is 5.26 Å². The molecule has 5 heteroatoms. The number of aliphatic hydroxyl groups excluding tert-OH is 1. The molecule has 1 aromatic heterocycles. The topological polar surface area (TPSA) is 60.2 Å². The normalized spacial score (nSPS) is 22.9. The molecule has 1 fully saturated rings. The van der Waals surface area contributed by atoms with E-state index in [1.54, 1.807) is 18.3 Å². The van der Waals surface area contributed by atoms with Crippen LogP contribution in [0.1, 0.15) is 31.2 Å². The summed E-state index contributed by atoms with van der Waals surface area (Å²) in [5, 5.41) is 20.0. The van der Waals surface area contributed by atoms with Gasteiger partial charge in [0.1, 0.15) is 5.15 Å². The lowest BCUT2D eigenvalue weighted by molar-refractivity contribution is 0.196. The third-order valence-electron chi connectivity index (χ3n) is 3.86. The molecule has 0 aromatic carbocycles. The molecule has 0 radical (unpaired) electrons. The summed E-state index contributed by atoms with van der Waals surface area (Å²) >= 11 is 5.96. The lowest BCUT2D eigenvalue weighted by Crippen LogP contribution is -2.45. The molecule has 0 bridgehead atoms. The van der Waals surface area contributed by atoms with Crippen molar-refractivity contribution in [2.45, 2.75) is 38.0 Å². The molecule has 19 heavy (non-hydrogen) atoms. The maximum Gasteiger partial charge on any atom is 0.163 e. The van der Waals surface area contributed by atoms with E-state index in [4.69, 9.17) is 16.9 Å². The highest BCUT2D eigenvalue weighted by Crippen LogP contribution is 2.38. The molecule has 98 valence electrons. The fraction of sp³-hybridized carbons (Fsp3) is 0.429. The molecule has 0 saturated heterocycles. The molecule has 3 rings (SSSR count). The molecule has 4 nitrogen and oxygen atoms in total. The fourth-order valence-corrected chi connectivity index (χ4v) is 3.11. The maximum atomic E-state index is 10.4. The first-order valence-electron chi connectivity index (χ1n) is 6.44. The van der Waals surface area contributed by atoms with Crippen LogP contribution in [-0.4, -0.2) is 22.4 Å². The van der Waals surface area contributed by atoms with Crippen molar-refractivity contribution < 1.29 is 5.11 Å². The van der Waals surface area contributed by atoms with E-state index in [1.807, 2.05) is 4.90 Å². The number of hydrogen-bond donors (Lipinski definition) is 1. The fourth-order valence-electron chi connectivity index (χ4n) is 2.96. The molecule has 1 saturated carbocycles. The number of pyridine rings is 1. The van der Waals surface area contributed by atoms with E-state index < -0.39 is 6.23 Å². The van der Waals surface area contributed by atoms with Crippen LogP contribution in [0.3, 0.4) is 0 Å². The van der Waals surface area contributed by atoms with E-state index in [0.717, 1.165) is 36.9 Å². The van der Waals surface area contributed by atoms with Gasteiger partial charge in [-0.15, -0.1) is 0 Å². The molecule has 1 aromatic rings. The van der Waals surface area contributed by atoms with Gasteiger partial charge in [-0.2, -0.15) is 5.26 Å². The van der Waals surface area contributed by atoms with Crippen LogP contribution in [-0.2, 0) is 0 Å². The van der Waals surface area contributed by atoms with Crippen LogP contribution in [0.5, 0.6) is 0 Å². The van der Waals surface area contributed by atoms with Crippen molar-refractivity contribution in [2.75, 3.05) is 4.90 Å². The van der Waals surface area contributed by atoms with Gasteiger partial charge in [0, 0.05) is 17.8 Å². The zero-order valence-corrected chi connectivity index (χ0v) is 11.1. The number of anilines is 1. The van der Waals surface area contributed by atoms with Crippen LogP contribution >= 0.6 is 11.6 Å². The predicted octanol–water partition coefficient (Wildman–Crippen LogP) is 2.72. The number of hydrogen-bond acceptors (Lipinski definition) is 4. The van der Waals surface area contributed by atoms with Gasteiger partial charge < -0.3 is 10.0 Å². The number of nitriles is 1. The molecule has 2 aliphatic rings. The summed E-state index contributed by atoms with van der Waals surface area (Å²) in [6.07, 6.45) is 6.86. The second-order valence-electron chi connectivity index (χ2n) is 5.00. The Morgan fingerprint density at radius 2 is 2.16 bits per heavy atom. The molecule has 1 aliphatic heterocycles. The summed E-state index contributed by atoms with van der Waals surface area (Å²) in [6, 6.07) is 4.11. The minimum absolute atomic E-state index is 0.268. The van der Waals surface area contributed by atoms with Crippen molar-refractivity contribution in [1.82, 2.24) is 4.98 Å². The highest BCUT2D eigenvalue weighted by molar-refractivity contribution is 6.29. The van der Waals surface area contributed by atoms with Gasteiger partial charge in [0.15, 0.2) is 6.23 Å². The van der Waals surface area contributed by atoms with Crippen LogP contribution in [0, 0.1) is 11.3 Å². The Morgan fingerprint density at radius 1 is 1.42 bits per heavy atom. The van der Waals surface area contributed by atoms with Crippen molar-refractivity contribution in [2.24, 2.45) is 0 Å². The van der Waals surface area contributed by atoms with Crippen LogP contribution in [0.4, 0.5) is 5.69 Å². The zero-order valence-electron chi connectivity index (χ0n) is 10.4. The van der Waals surface area contributed by atoms with Gasteiger partial charge in [-0.05, 0) is 25.0 Å². The number of aliphatic hydroxyl groups is 1. The monoisotopic (exact) mass is 275 g/mol. The molecular formula is C14H14ClN3O. The minimum Gasteiger partial charge on any atom is -0.369 e. The van der Waals surface area contributed by atoms with E-state index in [9.17, 15) is 5.11 Å². The SMILES string of the molecule is N#CC1=Cc2cnc(Cl)cc2N(C2CCCC2)C1O. The van der Waals surface area contributed by atoms with Gasteiger partial charge in [-0.3, -0.25) is 0 Å². The maximum absolute atomic E-state index is 10.4. The van der Waals surface area contributed by atoms with E-state index in [2.05, 4.69) is 11.1 Å². The molecule has 0 spiro atoms. The van der Waals surface area contributed by atoms with Crippen LogP contribution < -0.4 is 4.90 Å². The Morgan fingerprint density at radius 3 is 2.84 bits per heavy atom. The second-order valence-corrected chi connectivity index (χ2v) is 5.38. The quantitative estimate of drug-likeness (QED) is 0.801. The number of aromatic nitrogens is 1. The molecule has 1 aliphatic carbocycles. The number of halogens is 1. The van der Waals surface area contributed by atoms with Crippen molar-refractivity contribution in [3.05, 3.63) is 28.6 Å². The molecule has 1 N–H and O–H groups in total. The predicted molar refractivity (Wildman–Crippen MR) is 73.6 cm³/mol. The third kappa shape index (κ3) is 2.09. The Labute approximate surface area is 116 Å². The van der Waals surface area contributed by atoms with Crippen LogP contribution in [0.15, 0.2) is 17.8 Å². The van der Waals surface area contributed by atoms with Gasteiger partial charge in [-0.25, -0.2) is 4.98 Å². The molecule has 1 atom stereocenters. The number of rotatable bonds is 1. The molecular weight excluding hydrogens is 262 g/mol. The van der Waals surface area contributed by atoms with E-state index in [0.29, 0.717) is 10.7 Å². The summed E-state index contributed by atoms with van der Waals surface area (Å²) in [5.41, 5.74) is 2.08. The lowest BCUT2D eigenvalue weighted by Gasteiger charge is -2.38. The first-order chi connectivity index (χ1) is 9.20. The average molecular weight is 276 g/mol. The Hall–Kier alpha value is -1.57. The number of fused-ring (bicyclic) bond motifs is 1. The van der Waals surface area contributed by atoms with Gasteiger partial charge in [0.25, 0.3) is 0 Å². The van der Waals surface area contributed by atoms with Gasteiger partial charge >= 0.3 is 0 Å². The Bertz CT molecular complexity index is 573. The van der Waals surface area contributed by atoms with Crippen molar-refractivity contribution in [3.63, 3.8) is 0 Å². The highest BCUT2D eigenvalue weighted by Gasteiger charge is 2.34. The Kier molecular flexibility index (Phi) is 3.17. The van der Waals surface area contributed by atoms with Crippen molar-refractivity contribution in [3.8, 4) is 6.07 Å². The third-order valence-corrected chi connectivity index (χ3v) is 4.06. The van der Waals surface area contributed by atoms with Gasteiger partial charge in [0.05, 0.1) is 17.3 Å². The Balaban J connectivity index is 2.10. The van der Waals surface area contributed by atoms with E-state index in [1.165, 1.54) is 0 Å². The highest BCUT2D eigenvalue weighted by atomic mass is 35.5. The largest absolute Gasteiger partial charge is 0.369 e. The zero-order chi connectivity index (χ0) is 13.4. The summed E-state index contributed by atoms with van der Waals surface area (Å²) in [6.45, 7) is 0. The first kappa shape index (κ1) is 12.5. The van der Waals surface area contributed by atoms with E-state index >= 15 is 0 Å². The standard InChI is InChI=1S/C14H14ClN3O/c15-13-6-12-10(8-17-13)5-9(7-16)14(19)18(12)11-3-1-2-4-11/h5-6,8,11,14,19H,1-4H2. The number of nitrogens with zero attached hydrogens (tertiary/aromatic N) is 3. The minimum atomic E-state index is -0.876. The summed E-state index contributed by atoms with van der Waals surface area (Å²) in [7, 11) is 0. The lowest BCUT2D eigenvalue weighted by atomic mass is 10.0. The summed E-state index contributed by atoms with van der Waals surface area (Å²) in [4.78, 5) is 5.98. The van der Waals surface area contributed by atoms with Crippen LogP contribution in [0.2, 0.25) is 5.15 Å². The molecule has 2 heterocycles. The molecule has 0 amide bonds. The smallest absolute Gasteiger partial charge is 0.163 e. The second kappa shape index (κ2) is 4.84. The summed E-state index contributed by atoms with van der Waals surface area (Å²) in [5.74, 6) is 0. The van der Waals surface area contributed by atoms with Crippen molar-refractivity contribution >= 4 is 23.4 Å². The average Bonchev–Trinajstić information content (AvgIpc) is 2.91. The first-order valence-corrected chi connectivity index (χ1v) is 6.82.